The van der Waals surface area contributed by atoms with E-state index in [4.69, 9.17) is 5.11 Å². The van der Waals surface area contributed by atoms with Gasteiger partial charge in [0.05, 0.1) is 19.0 Å². The minimum Gasteiger partial charge on any atom is -0.481 e. The molecule has 0 aliphatic rings. The van der Waals surface area contributed by atoms with Crippen LogP contribution in [0.15, 0.2) is 36.5 Å². The third-order valence-electron chi connectivity index (χ3n) is 3.88. The number of nitrogens with one attached hydrogen (secondary N) is 1. The first-order chi connectivity index (χ1) is 11.4. The monoisotopic (exact) mass is 329 g/mol. The summed E-state index contributed by atoms with van der Waals surface area (Å²) in [6, 6.07) is 9.64. The van der Waals surface area contributed by atoms with E-state index in [0.29, 0.717) is 5.92 Å². The largest absolute Gasteiger partial charge is 0.481 e. The number of benzene rings is 1. The molecule has 0 aliphatic carbocycles. The van der Waals surface area contributed by atoms with Gasteiger partial charge >= 0.3 is 5.97 Å². The number of carboxylic acids is 1. The number of carbonyl (C=O) groups excluding carboxylic acids is 1. The van der Waals surface area contributed by atoms with Gasteiger partial charge in [-0.2, -0.15) is 5.10 Å². The van der Waals surface area contributed by atoms with Gasteiger partial charge in [0, 0.05) is 6.20 Å². The summed E-state index contributed by atoms with van der Waals surface area (Å²) in [6.07, 6.45) is 1.58. The Kier molecular flexibility index (Phi) is 5.73. The number of hydrogen-bond acceptors (Lipinski definition) is 3. The maximum atomic E-state index is 12.3. The number of rotatable bonds is 7. The zero-order chi connectivity index (χ0) is 17.7. The molecular weight excluding hydrogens is 306 g/mol. The molecule has 1 unspecified atom stereocenters. The maximum Gasteiger partial charge on any atom is 0.305 e. The first-order valence-electron chi connectivity index (χ1n) is 8.02. The predicted octanol–water partition coefficient (Wildman–Crippen LogP) is 2.97. The summed E-state index contributed by atoms with van der Waals surface area (Å²) >= 11 is 0. The predicted molar refractivity (Wildman–Crippen MR) is 90.9 cm³/mol. The number of amides is 1. The van der Waals surface area contributed by atoms with E-state index in [9.17, 15) is 9.59 Å². The molecule has 2 rings (SSSR count). The number of nitrogens with zero attached hydrogens (tertiary/aromatic N) is 2. The topological polar surface area (TPSA) is 84.2 Å². The third kappa shape index (κ3) is 4.68. The fraction of sp³-hybridized carbons (Fsp3) is 0.389. The highest BCUT2D eigenvalue weighted by atomic mass is 16.4. The number of aryl methyl sites for hydroxylation is 1. The Hall–Kier alpha value is -2.63. The van der Waals surface area contributed by atoms with E-state index in [2.05, 4.69) is 36.4 Å². The van der Waals surface area contributed by atoms with Crippen LogP contribution in [0.2, 0.25) is 0 Å². The lowest BCUT2D eigenvalue weighted by Gasteiger charge is -2.15. The molecule has 128 valence electrons. The van der Waals surface area contributed by atoms with Crippen molar-refractivity contribution >= 4 is 11.9 Å². The summed E-state index contributed by atoms with van der Waals surface area (Å²) < 4.78 is 1.46. The molecule has 0 aliphatic heterocycles. The van der Waals surface area contributed by atoms with Crippen molar-refractivity contribution in [3.8, 4) is 0 Å². The zero-order valence-electron chi connectivity index (χ0n) is 14.2. The molecule has 1 amide bonds. The van der Waals surface area contributed by atoms with Crippen molar-refractivity contribution < 1.29 is 14.7 Å². The number of carboxylic acid groups (broad SMARTS) is 1. The van der Waals surface area contributed by atoms with Crippen LogP contribution in [0.1, 0.15) is 60.8 Å². The minimum atomic E-state index is -0.894. The van der Waals surface area contributed by atoms with Gasteiger partial charge < -0.3 is 10.4 Å². The second-order valence-corrected chi connectivity index (χ2v) is 6.12. The summed E-state index contributed by atoms with van der Waals surface area (Å²) in [7, 11) is 0. The Balaban J connectivity index is 1.97. The average Bonchev–Trinajstić information content (AvgIpc) is 3.02. The third-order valence-corrected chi connectivity index (χ3v) is 3.88. The number of aliphatic carboxylic acids is 1. The Morgan fingerprint density at radius 3 is 2.33 bits per heavy atom. The molecule has 1 heterocycles. The van der Waals surface area contributed by atoms with Crippen LogP contribution in [0, 0.1) is 0 Å². The van der Waals surface area contributed by atoms with Gasteiger partial charge in [0.2, 0.25) is 0 Å². The quantitative estimate of drug-likeness (QED) is 0.818. The van der Waals surface area contributed by atoms with Crippen molar-refractivity contribution in [2.24, 2.45) is 0 Å². The first kappa shape index (κ1) is 17.7. The van der Waals surface area contributed by atoms with Crippen LogP contribution in [0.5, 0.6) is 0 Å². The van der Waals surface area contributed by atoms with Gasteiger partial charge in [0.15, 0.2) is 0 Å². The van der Waals surface area contributed by atoms with Crippen LogP contribution < -0.4 is 5.32 Å². The van der Waals surface area contributed by atoms with Gasteiger partial charge in [0.1, 0.15) is 5.69 Å². The molecule has 0 radical (unpaired) electrons. The fourth-order valence-electron chi connectivity index (χ4n) is 2.34. The van der Waals surface area contributed by atoms with Crippen molar-refractivity contribution in [3.05, 3.63) is 53.3 Å². The number of hydrogen-bond donors (Lipinski definition) is 2. The molecule has 0 saturated heterocycles. The Morgan fingerprint density at radius 2 is 1.75 bits per heavy atom. The molecule has 1 aromatic carbocycles. The lowest BCUT2D eigenvalue weighted by Crippen LogP contribution is -2.27. The Morgan fingerprint density at radius 1 is 1.12 bits per heavy atom. The lowest BCUT2D eigenvalue weighted by molar-refractivity contribution is -0.137. The van der Waals surface area contributed by atoms with Crippen LogP contribution in [0.4, 0.5) is 0 Å². The molecule has 6 nitrogen and oxygen atoms in total. The van der Waals surface area contributed by atoms with Gasteiger partial charge in [-0.25, -0.2) is 0 Å². The van der Waals surface area contributed by atoms with Crippen LogP contribution in [0.25, 0.3) is 0 Å². The van der Waals surface area contributed by atoms with E-state index in [0.717, 1.165) is 5.56 Å². The maximum absolute atomic E-state index is 12.3. The molecule has 1 aromatic heterocycles. The standard InChI is InChI=1S/C18H23N3O3/c1-12(2)14-4-6-15(7-5-14)13(3)19-18(24)16-8-10-21(20-16)11-9-17(22)23/h4-8,10,12-13H,9,11H2,1-3H3,(H,19,24)(H,22,23). The van der Waals surface area contributed by atoms with E-state index in [-0.39, 0.29) is 30.6 Å². The Labute approximate surface area is 141 Å². The molecule has 2 aromatic rings. The van der Waals surface area contributed by atoms with Crippen LogP contribution in [-0.4, -0.2) is 26.8 Å². The second-order valence-electron chi connectivity index (χ2n) is 6.12. The molecule has 0 saturated carbocycles. The van der Waals surface area contributed by atoms with Gasteiger partial charge in [-0.05, 0) is 30.0 Å². The van der Waals surface area contributed by atoms with E-state index in [1.807, 2.05) is 19.1 Å². The SMILES string of the molecule is CC(C)c1ccc(C(C)NC(=O)c2ccn(CCC(=O)O)n2)cc1. The van der Waals surface area contributed by atoms with E-state index < -0.39 is 5.97 Å². The number of aromatic nitrogens is 2. The van der Waals surface area contributed by atoms with Crippen LogP contribution >= 0.6 is 0 Å². The summed E-state index contributed by atoms with van der Waals surface area (Å²) in [6.45, 7) is 6.44. The molecule has 2 N–H and O–H groups in total. The molecule has 0 spiro atoms. The van der Waals surface area contributed by atoms with Crippen LogP contribution in [-0.2, 0) is 11.3 Å². The van der Waals surface area contributed by atoms with Crippen molar-refractivity contribution in [2.45, 2.75) is 45.7 Å². The minimum absolute atomic E-state index is 0.0264. The second kappa shape index (κ2) is 7.77. The van der Waals surface area contributed by atoms with Crippen molar-refractivity contribution in [2.75, 3.05) is 0 Å². The van der Waals surface area contributed by atoms with Gasteiger partial charge in [-0.1, -0.05) is 38.1 Å². The molecular formula is C18H23N3O3. The highest BCUT2D eigenvalue weighted by Crippen LogP contribution is 2.18. The highest BCUT2D eigenvalue weighted by Gasteiger charge is 2.14. The highest BCUT2D eigenvalue weighted by molar-refractivity contribution is 5.92. The van der Waals surface area contributed by atoms with E-state index in [1.165, 1.54) is 10.2 Å². The summed E-state index contributed by atoms with van der Waals surface area (Å²) in [4.78, 5) is 22.8. The van der Waals surface area contributed by atoms with Gasteiger partial charge in [-0.15, -0.1) is 0 Å². The summed E-state index contributed by atoms with van der Waals surface area (Å²) in [5.41, 5.74) is 2.57. The Bertz CT molecular complexity index is 705. The first-order valence-corrected chi connectivity index (χ1v) is 8.02. The fourth-order valence-corrected chi connectivity index (χ4v) is 2.34. The van der Waals surface area contributed by atoms with Gasteiger partial charge in [0.25, 0.3) is 5.91 Å². The normalized spacial score (nSPS) is 12.2. The molecule has 6 heteroatoms. The van der Waals surface area contributed by atoms with Crippen molar-refractivity contribution in [1.29, 1.82) is 0 Å². The van der Waals surface area contributed by atoms with Crippen molar-refractivity contribution in [3.63, 3.8) is 0 Å². The molecule has 1 atom stereocenters. The van der Waals surface area contributed by atoms with E-state index >= 15 is 0 Å². The molecule has 0 bridgehead atoms. The summed E-state index contributed by atoms with van der Waals surface area (Å²) in [5, 5.41) is 15.7. The van der Waals surface area contributed by atoms with Crippen LogP contribution in [0.3, 0.4) is 0 Å². The lowest BCUT2D eigenvalue weighted by atomic mass is 9.99. The molecule has 0 fully saturated rings. The van der Waals surface area contributed by atoms with Gasteiger partial charge in [-0.3, -0.25) is 14.3 Å². The van der Waals surface area contributed by atoms with E-state index in [1.54, 1.807) is 12.3 Å². The average molecular weight is 329 g/mol. The zero-order valence-corrected chi connectivity index (χ0v) is 14.2. The number of carbonyl (C=O) groups is 2. The molecule has 24 heavy (non-hydrogen) atoms. The summed E-state index contributed by atoms with van der Waals surface area (Å²) in [5.74, 6) is -0.696. The smallest absolute Gasteiger partial charge is 0.305 e. The van der Waals surface area contributed by atoms with Crippen molar-refractivity contribution in [1.82, 2.24) is 15.1 Å².